The van der Waals surface area contributed by atoms with Crippen molar-refractivity contribution in [3.63, 3.8) is 0 Å². The summed E-state index contributed by atoms with van der Waals surface area (Å²) in [4.78, 5) is 26.1. The van der Waals surface area contributed by atoms with E-state index in [4.69, 9.17) is 0 Å². The Hall–Kier alpha value is -3.66. The number of rotatable bonds is 2. The molecule has 0 radical (unpaired) electrons. The molecule has 0 aliphatic heterocycles. The number of carbonyl (C=O) groups excluding carboxylic acids is 1. The number of pyridine rings is 1. The lowest BCUT2D eigenvalue weighted by molar-refractivity contribution is 0.104. The lowest BCUT2D eigenvalue weighted by Crippen LogP contribution is -2.21. The number of fused-ring (bicyclic) bond motifs is 2. The summed E-state index contributed by atoms with van der Waals surface area (Å²) < 4.78 is 1.60. The zero-order valence-corrected chi connectivity index (χ0v) is 16.5. The topological polar surface area (TPSA) is 51.1 Å². The van der Waals surface area contributed by atoms with E-state index in [0.717, 1.165) is 44.5 Å². The van der Waals surface area contributed by atoms with Gasteiger partial charge in [-0.1, -0.05) is 42.5 Å². The van der Waals surface area contributed by atoms with Gasteiger partial charge in [0.2, 0.25) is 0 Å². The first-order valence-electron chi connectivity index (χ1n) is 9.61. The molecule has 1 aliphatic carbocycles. The van der Waals surface area contributed by atoms with E-state index in [9.17, 15) is 9.59 Å². The molecule has 5 rings (SSSR count). The van der Waals surface area contributed by atoms with Crippen LogP contribution in [-0.2, 0) is 7.05 Å². The molecule has 4 nitrogen and oxygen atoms in total. The van der Waals surface area contributed by atoms with E-state index in [0.29, 0.717) is 11.1 Å². The molecule has 0 fully saturated rings. The van der Waals surface area contributed by atoms with Crippen molar-refractivity contribution in [1.29, 1.82) is 0 Å². The monoisotopic (exact) mass is 380 g/mol. The minimum atomic E-state index is -0.0851. The van der Waals surface area contributed by atoms with Crippen LogP contribution in [0.2, 0.25) is 0 Å². The summed E-state index contributed by atoms with van der Waals surface area (Å²) in [5.41, 5.74) is 7.55. The molecule has 0 unspecified atom stereocenters. The number of anilines is 2. The number of nitrogens with one attached hydrogen (secondary N) is 1. The van der Waals surface area contributed by atoms with Crippen molar-refractivity contribution in [3.8, 4) is 11.1 Å². The molecule has 4 aromatic rings. The van der Waals surface area contributed by atoms with Crippen molar-refractivity contribution in [3.05, 3.63) is 93.3 Å². The fourth-order valence-electron chi connectivity index (χ4n) is 4.30. The lowest BCUT2D eigenvalue weighted by Gasteiger charge is -2.24. The number of para-hydroxylation sites is 1. The fraction of sp³-hybridized carbons (Fsp3) is 0.120. The highest BCUT2D eigenvalue weighted by Gasteiger charge is 2.29. The third kappa shape index (κ3) is 2.46. The average molecular weight is 380 g/mol. The van der Waals surface area contributed by atoms with Crippen LogP contribution in [-0.4, -0.2) is 10.4 Å². The minimum absolute atomic E-state index is 0.0221. The molecule has 142 valence electrons. The van der Waals surface area contributed by atoms with E-state index >= 15 is 0 Å². The predicted molar refractivity (Wildman–Crippen MR) is 117 cm³/mol. The molecule has 1 N–H and O–H groups in total. The predicted octanol–water partition coefficient (Wildman–Crippen LogP) is 5.11. The van der Waals surface area contributed by atoms with E-state index in [2.05, 4.69) is 5.32 Å². The van der Waals surface area contributed by atoms with Crippen LogP contribution in [0.15, 0.2) is 65.5 Å². The fourth-order valence-corrected chi connectivity index (χ4v) is 4.30. The number of hydrogen-bond donors (Lipinski definition) is 1. The highest BCUT2D eigenvalue weighted by Crippen LogP contribution is 2.42. The lowest BCUT2D eigenvalue weighted by atomic mass is 9.83. The van der Waals surface area contributed by atoms with Gasteiger partial charge in [0.25, 0.3) is 5.56 Å². The van der Waals surface area contributed by atoms with Crippen LogP contribution in [0.1, 0.15) is 27.0 Å². The summed E-state index contributed by atoms with van der Waals surface area (Å²) in [5.74, 6) is -0.0221. The Balaban J connectivity index is 1.87. The van der Waals surface area contributed by atoms with Gasteiger partial charge in [-0.3, -0.25) is 9.59 Å². The molecule has 29 heavy (non-hydrogen) atoms. The molecule has 1 heterocycles. The maximum absolute atomic E-state index is 13.5. The Labute approximate surface area is 168 Å². The van der Waals surface area contributed by atoms with Gasteiger partial charge in [0.1, 0.15) is 0 Å². The van der Waals surface area contributed by atoms with Crippen LogP contribution in [0.25, 0.3) is 22.0 Å². The first-order valence-corrected chi connectivity index (χ1v) is 9.61. The SMILES string of the molecule is Cc1cccc(C)c1Nc1ccc2c3c(cc(=O)n2C)-c2ccccc2C(=O)c13. The van der Waals surface area contributed by atoms with Crippen molar-refractivity contribution in [1.82, 2.24) is 4.57 Å². The number of hydrogen-bond acceptors (Lipinski definition) is 3. The molecule has 4 heteroatoms. The molecule has 0 saturated heterocycles. The zero-order chi connectivity index (χ0) is 20.3. The molecule has 1 aromatic heterocycles. The van der Waals surface area contributed by atoms with E-state index < -0.39 is 0 Å². The summed E-state index contributed by atoms with van der Waals surface area (Å²) in [5, 5.41) is 4.33. The molecule has 1 aliphatic rings. The number of aromatic nitrogens is 1. The normalized spacial score (nSPS) is 12.2. The number of aryl methyl sites for hydroxylation is 3. The summed E-state index contributed by atoms with van der Waals surface area (Å²) in [6.45, 7) is 4.10. The van der Waals surface area contributed by atoms with Crippen LogP contribution in [0.5, 0.6) is 0 Å². The van der Waals surface area contributed by atoms with Crippen LogP contribution >= 0.6 is 0 Å². The Bertz CT molecular complexity index is 1380. The quantitative estimate of drug-likeness (QED) is 0.463. The van der Waals surface area contributed by atoms with E-state index in [1.165, 1.54) is 0 Å². The van der Waals surface area contributed by atoms with Gasteiger partial charge in [-0.25, -0.2) is 0 Å². The third-order valence-corrected chi connectivity index (χ3v) is 5.84. The van der Waals surface area contributed by atoms with Gasteiger partial charge in [-0.05, 0) is 48.2 Å². The number of nitrogens with zero attached hydrogens (tertiary/aromatic N) is 1. The van der Waals surface area contributed by atoms with Gasteiger partial charge in [-0.2, -0.15) is 0 Å². The Kier molecular flexibility index (Phi) is 3.71. The van der Waals surface area contributed by atoms with Crippen molar-refractivity contribution in [2.24, 2.45) is 7.05 Å². The molecular weight excluding hydrogens is 360 g/mol. The third-order valence-electron chi connectivity index (χ3n) is 5.84. The molecule has 0 bridgehead atoms. The van der Waals surface area contributed by atoms with Crippen LogP contribution in [0.4, 0.5) is 11.4 Å². The van der Waals surface area contributed by atoms with Crippen molar-refractivity contribution in [2.75, 3.05) is 5.32 Å². The first-order chi connectivity index (χ1) is 14.0. The van der Waals surface area contributed by atoms with E-state index in [1.54, 1.807) is 17.7 Å². The summed E-state index contributed by atoms with van der Waals surface area (Å²) >= 11 is 0. The van der Waals surface area contributed by atoms with Crippen LogP contribution < -0.4 is 10.9 Å². The van der Waals surface area contributed by atoms with Gasteiger partial charge in [0.05, 0.1) is 16.8 Å². The molecule has 0 saturated carbocycles. The van der Waals surface area contributed by atoms with Gasteiger partial charge < -0.3 is 9.88 Å². The van der Waals surface area contributed by atoms with Gasteiger partial charge in [0, 0.05) is 29.8 Å². The van der Waals surface area contributed by atoms with Crippen molar-refractivity contribution in [2.45, 2.75) is 13.8 Å². The smallest absolute Gasteiger partial charge is 0.251 e. The van der Waals surface area contributed by atoms with E-state index in [-0.39, 0.29) is 11.3 Å². The standard InChI is InChI=1S/C25H20N2O2/c1-14-7-6-8-15(2)24(14)26-19-11-12-20-22-18(13-21(28)27(20)3)16-9-4-5-10-17(16)25(29)23(19)22/h4-13,26H,1-3H3. The number of carbonyl (C=O) groups is 1. The summed E-state index contributed by atoms with van der Waals surface area (Å²) in [7, 11) is 1.74. The second kappa shape index (κ2) is 6.17. The van der Waals surface area contributed by atoms with Crippen LogP contribution in [0, 0.1) is 13.8 Å². The highest BCUT2D eigenvalue weighted by atomic mass is 16.1. The highest BCUT2D eigenvalue weighted by molar-refractivity contribution is 6.28. The summed E-state index contributed by atoms with van der Waals surface area (Å²) in [6.07, 6.45) is 0. The van der Waals surface area contributed by atoms with Gasteiger partial charge in [0.15, 0.2) is 5.78 Å². The molecule has 0 atom stereocenters. The average Bonchev–Trinajstić information content (AvgIpc) is 2.72. The molecule has 3 aromatic carbocycles. The Morgan fingerprint density at radius 1 is 0.793 bits per heavy atom. The largest absolute Gasteiger partial charge is 0.354 e. The van der Waals surface area contributed by atoms with Crippen molar-refractivity contribution >= 4 is 28.1 Å². The second-order valence-corrected chi connectivity index (χ2v) is 7.60. The zero-order valence-electron chi connectivity index (χ0n) is 16.5. The maximum Gasteiger partial charge on any atom is 0.251 e. The number of ketones is 1. The van der Waals surface area contributed by atoms with E-state index in [1.807, 2.05) is 68.4 Å². The van der Waals surface area contributed by atoms with Crippen LogP contribution in [0.3, 0.4) is 0 Å². The van der Waals surface area contributed by atoms with Crippen molar-refractivity contribution < 1.29 is 4.79 Å². The molecule has 0 amide bonds. The maximum atomic E-state index is 13.5. The molecule has 0 spiro atoms. The van der Waals surface area contributed by atoms with Gasteiger partial charge >= 0.3 is 0 Å². The number of benzene rings is 3. The Morgan fingerprint density at radius 2 is 1.48 bits per heavy atom. The molecular formula is C25H20N2O2. The minimum Gasteiger partial charge on any atom is -0.354 e. The van der Waals surface area contributed by atoms with Gasteiger partial charge in [-0.15, -0.1) is 0 Å². The summed E-state index contributed by atoms with van der Waals surface area (Å²) in [6, 6.07) is 19.1. The Morgan fingerprint density at radius 3 is 2.21 bits per heavy atom. The first kappa shape index (κ1) is 17.4. The second-order valence-electron chi connectivity index (χ2n) is 7.60.